The van der Waals surface area contributed by atoms with Gasteiger partial charge >= 0.3 is 5.97 Å². The molecule has 1 aromatic rings. The van der Waals surface area contributed by atoms with Gasteiger partial charge in [-0.05, 0) is 25.5 Å². The van der Waals surface area contributed by atoms with Crippen molar-refractivity contribution >= 4 is 23.6 Å². The van der Waals surface area contributed by atoms with E-state index in [1.807, 2.05) is 6.92 Å². The van der Waals surface area contributed by atoms with E-state index in [1.165, 1.54) is 0 Å². The van der Waals surface area contributed by atoms with Crippen LogP contribution in [0.4, 0.5) is 0 Å². The van der Waals surface area contributed by atoms with Crippen molar-refractivity contribution in [2.45, 2.75) is 31.6 Å². The van der Waals surface area contributed by atoms with E-state index in [0.29, 0.717) is 12.2 Å². The number of hydrogen-bond acceptors (Lipinski definition) is 4. The molecule has 0 saturated heterocycles. The molecule has 0 spiro atoms. The second-order valence-electron chi connectivity index (χ2n) is 3.85. The fourth-order valence-corrected chi connectivity index (χ4v) is 2.25. The van der Waals surface area contributed by atoms with E-state index in [4.69, 9.17) is 9.52 Å². The van der Waals surface area contributed by atoms with Crippen molar-refractivity contribution in [2.24, 2.45) is 0 Å². The first-order valence-electron chi connectivity index (χ1n) is 5.71. The fraction of sp³-hybridized carbons (Fsp3) is 0.500. The zero-order valence-electron chi connectivity index (χ0n) is 10.4. The van der Waals surface area contributed by atoms with E-state index in [0.717, 1.165) is 11.8 Å². The van der Waals surface area contributed by atoms with E-state index in [2.05, 4.69) is 5.32 Å². The van der Waals surface area contributed by atoms with Gasteiger partial charge in [-0.2, -0.15) is 0 Å². The van der Waals surface area contributed by atoms with E-state index in [-0.39, 0.29) is 17.7 Å². The lowest BCUT2D eigenvalue weighted by atomic mass is 10.2. The Labute approximate surface area is 110 Å². The number of amides is 1. The quantitative estimate of drug-likeness (QED) is 0.793. The largest absolute Gasteiger partial charge is 0.480 e. The van der Waals surface area contributed by atoms with Crippen LogP contribution in [0.15, 0.2) is 22.8 Å². The molecule has 0 aliphatic rings. The monoisotopic (exact) mass is 271 g/mol. The van der Waals surface area contributed by atoms with Crippen LogP contribution in [-0.4, -0.2) is 28.0 Å². The second kappa shape index (κ2) is 7.10. The van der Waals surface area contributed by atoms with Gasteiger partial charge in [-0.25, -0.2) is 0 Å². The Morgan fingerprint density at radius 1 is 1.56 bits per heavy atom. The molecule has 0 bridgehead atoms. The van der Waals surface area contributed by atoms with Crippen molar-refractivity contribution in [3.8, 4) is 0 Å². The minimum atomic E-state index is -0.880. The number of carbonyl (C=O) groups excluding carboxylic acids is 1. The van der Waals surface area contributed by atoms with Crippen molar-refractivity contribution in [3.05, 3.63) is 24.2 Å². The predicted molar refractivity (Wildman–Crippen MR) is 69.4 cm³/mol. The molecule has 0 aromatic carbocycles. The van der Waals surface area contributed by atoms with Gasteiger partial charge in [0.25, 0.3) is 0 Å². The normalized spacial score (nSPS) is 13.9. The molecule has 100 valence electrons. The first-order valence-corrected chi connectivity index (χ1v) is 6.76. The molecule has 2 unspecified atom stereocenters. The zero-order chi connectivity index (χ0) is 13.5. The summed E-state index contributed by atoms with van der Waals surface area (Å²) in [4.78, 5) is 22.4. The van der Waals surface area contributed by atoms with Gasteiger partial charge in [-0.3, -0.25) is 9.59 Å². The molecule has 1 aromatic heterocycles. The van der Waals surface area contributed by atoms with Crippen molar-refractivity contribution in [1.82, 2.24) is 5.32 Å². The van der Waals surface area contributed by atoms with Gasteiger partial charge in [-0.1, -0.05) is 6.92 Å². The molecular weight excluding hydrogens is 254 g/mol. The summed E-state index contributed by atoms with van der Waals surface area (Å²) < 4.78 is 5.17. The average molecular weight is 271 g/mol. The van der Waals surface area contributed by atoms with Gasteiger partial charge in [0.15, 0.2) is 0 Å². The van der Waals surface area contributed by atoms with Crippen molar-refractivity contribution in [2.75, 3.05) is 5.75 Å². The number of carboxylic acids is 1. The summed E-state index contributed by atoms with van der Waals surface area (Å²) in [5, 5.41) is 11.1. The van der Waals surface area contributed by atoms with Crippen LogP contribution in [-0.2, 0) is 9.59 Å². The third kappa shape index (κ3) is 4.44. The SMILES string of the molecule is CCC(SCC(=O)NC(C)c1ccco1)C(=O)O. The molecule has 0 fully saturated rings. The van der Waals surface area contributed by atoms with E-state index >= 15 is 0 Å². The Bertz CT molecular complexity index is 391. The average Bonchev–Trinajstić information content (AvgIpc) is 2.82. The van der Waals surface area contributed by atoms with Crippen molar-refractivity contribution in [3.63, 3.8) is 0 Å². The molecule has 5 nitrogen and oxygen atoms in total. The maximum Gasteiger partial charge on any atom is 0.316 e. The Kier molecular flexibility index (Phi) is 5.77. The smallest absolute Gasteiger partial charge is 0.316 e. The van der Waals surface area contributed by atoms with Crippen LogP contribution in [0.25, 0.3) is 0 Å². The Morgan fingerprint density at radius 3 is 2.78 bits per heavy atom. The summed E-state index contributed by atoms with van der Waals surface area (Å²) in [6.45, 7) is 3.60. The third-order valence-electron chi connectivity index (χ3n) is 2.41. The topological polar surface area (TPSA) is 79.5 Å². The zero-order valence-corrected chi connectivity index (χ0v) is 11.2. The predicted octanol–water partition coefficient (Wildman–Crippen LogP) is 2.05. The molecule has 1 amide bonds. The third-order valence-corrected chi connectivity index (χ3v) is 3.78. The first-order chi connectivity index (χ1) is 8.54. The summed E-state index contributed by atoms with van der Waals surface area (Å²) in [6.07, 6.45) is 2.05. The van der Waals surface area contributed by atoms with Crippen LogP contribution in [0, 0.1) is 0 Å². The lowest BCUT2D eigenvalue weighted by Crippen LogP contribution is -2.29. The molecule has 18 heavy (non-hydrogen) atoms. The van der Waals surface area contributed by atoms with E-state index in [9.17, 15) is 9.59 Å². The molecular formula is C12H17NO4S. The van der Waals surface area contributed by atoms with Crippen molar-refractivity contribution < 1.29 is 19.1 Å². The van der Waals surface area contributed by atoms with Gasteiger partial charge in [0.2, 0.25) is 5.91 Å². The highest BCUT2D eigenvalue weighted by Gasteiger charge is 2.18. The van der Waals surface area contributed by atoms with E-state index in [1.54, 1.807) is 25.3 Å². The maximum atomic E-state index is 11.6. The molecule has 1 heterocycles. The summed E-state index contributed by atoms with van der Waals surface area (Å²) in [6, 6.07) is 3.33. The Balaban J connectivity index is 2.35. The fourth-order valence-electron chi connectivity index (χ4n) is 1.43. The van der Waals surface area contributed by atoms with Gasteiger partial charge in [0.1, 0.15) is 11.0 Å². The van der Waals surface area contributed by atoms with Gasteiger partial charge in [0, 0.05) is 0 Å². The van der Waals surface area contributed by atoms with Crippen LogP contribution in [0.2, 0.25) is 0 Å². The molecule has 0 aliphatic carbocycles. The number of furan rings is 1. The lowest BCUT2D eigenvalue weighted by molar-refractivity contribution is -0.136. The summed E-state index contributed by atoms with van der Waals surface area (Å²) >= 11 is 1.13. The molecule has 2 N–H and O–H groups in total. The standard InChI is InChI=1S/C12H17NO4S/c1-3-10(12(15)16)18-7-11(14)13-8(2)9-5-4-6-17-9/h4-6,8,10H,3,7H2,1-2H3,(H,13,14)(H,15,16). The second-order valence-corrected chi connectivity index (χ2v) is 5.04. The minimum absolute atomic E-state index is 0.135. The first kappa shape index (κ1) is 14.6. The highest BCUT2D eigenvalue weighted by atomic mass is 32.2. The number of hydrogen-bond donors (Lipinski definition) is 2. The van der Waals surface area contributed by atoms with E-state index < -0.39 is 11.2 Å². The highest BCUT2D eigenvalue weighted by Crippen LogP contribution is 2.16. The molecule has 1 rings (SSSR count). The Hall–Kier alpha value is -1.43. The number of thioether (sulfide) groups is 1. The van der Waals surface area contributed by atoms with Crippen LogP contribution < -0.4 is 5.32 Å². The number of carboxylic acid groups (broad SMARTS) is 1. The van der Waals surface area contributed by atoms with Gasteiger partial charge in [0.05, 0.1) is 18.1 Å². The van der Waals surface area contributed by atoms with Crippen molar-refractivity contribution in [1.29, 1.82) is 0 Å². The number of aliphatic carboxylic acids is 1. The number of nitrogens with one attached hydrogen (secondary N) is 1. The molecule has 0 saturated carbocycles. The summed E-state index contributed by atoms with van der Waals surface area (Å²) in [5.41, 5.74) is 0. The molecule has 0 radical (unpaired) electrons. The van der Waals surface area contributed by atoms with Crippen LogP contribution in [0.5, 0.6) is 0 Å². The van der Waals surface area contributed by atoms with Crippen LogP contribution in [0.3, 0.4) is 0 Å². The number of carbonyl (C=O) groups is 2. The maximum absolute atomic E-state index is 11.6. The summed E-state index contributed by atoms with van der Waals surface area (Å²) in [7, 11) is 0. The molecule has 2 atom stereocenters. The number of rotatable bonds is 7. The van der Waals surface area contributed by atoms with Crippen LogP contribution in [0.1, 0.15) is 32.1 Å². The Morgan fingerprint density at radius 2 is 2.28 bits per heavy atom. The van der Waals surface area contributed by atoms with Crippen LogP contribution >= 0.6 is 11.8 Å². The molecule has 0 aliphatic heterocycles. The highest BCUT2D eigenvalue weighted by molar-refractivity contribution is 8.01. The lowest BCUT2D eigenvalue weighted by Gasteiger charge is -2.13. The van der Waals surface area contributed by atoms with Gasteiger partial charge < -0.3 is 14.8 Å². The summed E-state index contributed by atoms with van der Waals surface area (Å²) in [5.74, 6) is -0.257. The minimum Gasteiger partial charge on any atom is -0.480 e. The molecule has 6 heteroatoms. The van der Waals surface area contributed by atoms with Gasteiger partial charge in [-0.15, -0.1) is 11.8 Å².